The minimum Gasteiger partial charge on any atom is -0.469 e. The molecule has 21 heavy (non-hydrogen) atoms. The second-order valence-electron chi connectivity index (χ2n) is 5.12. The molecule has 1 atom stereocenters. The topological polar surface area (TPSA) is 39.2 Å². The summed E-state index contributed by atoms with van der Waals surface area (Å²) < 4.78 is 5.47. The fourth-order valence-corrected chi connectivity index (χ4v) is 2.61. The Balaban J connectivity index is 1.87. The first-order valence-electron chi connectivity index (χ1n) is 7.27. The van der Waals surface area contributed by atoms with E-state index in [2.05, 4.69) is 43.3 Å². The van der Waals surface area contributed by atoms with E-state index in [1.807, 2.05) is 24.3 Å². The van der Waals surface area contributed by atoms with E-state index >= 15 is 0 Å². The lowest BCUT2D eigenvalue weighted by molar-refractivity contribution is 0.509. The van der Waals surface area contributed by atoms with Crippen molar-refractivity contribution < 1.29 is 4.42 Å². The van der Waals surface area contributed by atoms with E-state index in [1.165, 1.54) is 11.1 Å². The molecule has 0 fully saturated rings. The Kier molecular flexibility index (Phi) is 3.89. The molecule has 1 aromatic heterocycles. The number of hydrogen-bond acceptors (Lipinski definition) is 2. The van der Waals surface area contributed by atoms with E-state index in [9.17, 15) is 0 Å². The Labute approximate surface area is 125 Å². The van der Waals surface area contributed by atoms with Gasteiger partial charge in [-0.25, -0.2) is 0 Å². The lowest BCUT2D eigenvalue weighted by atomic mass is 9.96. The summed E-state index contributed by atoms with van der Waals surface area (Å²) in [6.07, 6.45) is 2.57. The van der Waals surface area contributed by atoms with E-state index in [1.54, 1.807) is 6.26 Å². The highest BCUT2D eigenvalue weighted by atomic mass is 16.3. The summed E-state index contributed by atoms with van der Waals surface area (Å²) in [5.41, 5.74) is 11.0. The molecule has 0 saturated heterocycles. The van der Waals surface area contributed by atoms with Gasteiger partial charge in [0.2, 0.25) is 0 Å². The highest BCUT2D eigenvalue weighted by Gasteiger charge is 2.14. The lowest BCUT2D eigenvalue weighted by Gasteiger charge is -2.13. The maximum Gasteiger partial charge on any atom is 0.108 e. The van der Waals surface area contributed by atoms with E-state index < -0.39 is 0 Å². The molecule has 0 bridgehead atoms. The van der Waals surface area contributed by atoms with Crippen LogP contribution in [0.3, 0.4) is 0 Å². The van der Waals surface area contributed by atoms with Crippen LogP contribution in [0.25, 0.3) is 11.1 Å². The van der Waals surface area contributed by atoms with Gasteiger partial charge >= 0.3 is 0 Å². The number of benzene rings is 2. The van der Waals surface area contributed by atoms with Crippen molar-refractivity contribution in [1.29, 1.82) is 0 Å². The van der Waals surface area contributed by atoms with E-state index in [-0.39, 0.29) is 6.04 Å². The third kappa shape index (κ3) is 2.76. The van der Waals surface area contributed by atoms with Crippen LogP contribution in [0.1, 0.15) is 29.9 Å². The molecule has 2 nitrogen and oxygen atoms in total. The molecule has 0 spiro atoms. The Hall–Kier alpha value is -2.32. The van der Waals surface area contributed by atoms with Crippen molar-refractivity contribution in [3.05, 3.63) is 83.8 Å². The van der Waals surface area contributed by atoms with Crippen molar-refractivity contribution in [3.63, 3.8) is 0 Å². The molecule has 0 saturated carbocycles. The lowest BCUT2D eigenvalue weighted by Crippen LogP contribution is -2.12. The third-order valence-electron chi connectivity index (χ3n) is 3.81. The first-order valence-corrected chi connectivity index (χ1v) is 7.27. The minimum atomic E-state index is -0.136. The first-order chi connectivity index (χ1) is 10.3. The molecular weight excluding hydrogens is 258 g/mol. The smallest absolute Gasteiger partial charge is 0.108 e. The fraction of sp³-hybridized carbons (Fsp3) is 0.158. The van der Waals surface area contributed by atoms with E-state index in [0.29, 0.717) is 0 Å². The molecule has 2 N–H and O–H groups in total. The molecule has 2 heteroatoms. The molecule has 0 radical (unpaired) electrons. The van der Waals surface area contributed by atoms with Gasteiger partial charge in [0.15, 0.2) is 0 Å². The van der Waals surface area contributed by atoms with Gasteiger partial charge in [0.25, 0.3) is 0 Å². The van der Waals surface area contributed by atoms with Crippen LogP contribution in [0, 0.1) is 0 Å². The summed E-state index contributed by atoms with van der Waals surface area (Å²) in [5.74, 6) is 0.967. The molecule has 0 amide bonds. The van der Waals surface area contributed by atoms with Crippen LogP contribution in [0.2, 0.25) is 0 Å². The fourth-order valence-electron chi connectivity index (χ4n) is 2.61. The Morgan fingerprint density at radius 2 is 1.57 bits per heavy atom. The maximum atomic E-state index is 6.37. The van der Waals surface area contributed by atoms with Crippen LogP contribution >= 0.6 is 0 Å². The molecule has 1 unspecified atom stereocenters. The van der Waals surface area contributed by atoms with Crippen molar-refractivity contribution in [2.75, 3.05) is 0 Å². The summed E-state index contributed by atoms with van der Waals surface area (Å²) in [4.78, 5) is 0. The van der Waals surface area contributed by atoms with Gasteiger partial charge in [0, 0.05) is 12.0 Å². The van der Waals surface area contributed by atoms with Crippen LogP contribution in [-0.4, -0.2) is 0 Å². The van der Waals surface area contributed by atoms with Gasteiger partial charge in [-0.1, -0.05) is 61.5 Å². The van der Waals surface area contributed by atoms with Crippen LogP contribution < -0.4 is 5.73 Å². The SMILES string of the molecule is CCc1occc1C(N)c1ccc(-c2ccccc2)cc1. The summed E-state index contributed by atoms with van der Waals surface area (Å²) in [6, 6.07) is 20.6. The van der Waals surface area contributed by atoms with Crippen molar-refractivity contribution >= 4 is 0 Å². The zero-order valence-electron chi connectivity index (χ0n) is 12.1. The number of rotatable bonds is 4. The highest BCUT2D eigenvalue weighted by Crippen LogP contribution is 2.26. The maximum absolute atomic E-state index is 6.37. The predicted octanol–water partition coefficient (Wildman–Crippen LogP) is 4.56. The third-order valence-corrected chi connectivity index (χ3v) is 3.81. The Morgan fingerprint density at radius 1 is 0.905 bits per heavy atom. The van der Waals surface area contributed by atoms with Crippen LogP contribution in [0.15, 0.2) is 71.3 Å². The quantitative estimate of drug-likeness (QED) is 0.759. The second kappa shape index (κ2) is 5.98. The van der Waals surface area contributed by atoms with Crippen LogP contribution in [0.5, 0.6) is 0 Å². The van der Waals surface area contributed by atoms with Crippen LogP contribution in [-0.2, 0) is 6.42 Å². The van der Waals surface area contributed by atoms with Crippen molar-refractivity contribution in [2.24, 2.45) is 5.73 Å². The van der Waals surface area contributed by atoms with Gasteiger partial charge in [0.05, 0.1) is 12.3 Å². The monoisotopic (exact) mass is 277 g/mol. The van der Waals surface area contributed by atoms with Gasteiger partial charge < -0.3 is 10.2 Å². The van der Waals surface area contributed by atoms with Crippen molar-refractivity contribution in [2.45, 2.75) is 19.4 Å². The number of aryl methyl sites for hydroxylation is 1. The zero-order chi connectivity index (χ0) is 14.7. The van der Waals surface area contributed by atoms with Gasteiger partial charge in [-0.3, -0.25) is 0 Å². The normalized spacial score (nSPS) is 12.3. The van der Waals surface area contributed by atoms with Gasteiger partial charge in [-0.2, -0.15) is 0 Å². The molecule has 0 aliphatic rings. The minimum absolute atomic E-state index is 0.136. The molecule has 0 aliphatic carbocycles. The van der Waals surface area contributed by atoms with E-state index in [0.717, 1.165) is 23.3 Å². The van der Waals surface area contributed by atoms with Crippen molar-refractivity contribution in [1.82, 2.24) is 0 Å². The number of furan rings is 1. The molecule has 1 heterocycles. The molecule has 2 aromatic carbocycles. The van der Waals surface area contributed by atoms with Gasteiger partial charge in [-0.15, -0.1) is 0 Å². The average Bonchev–Trinajstić information content (AvgIpc) is 3.04. The largest absolute Gasteiger partial charge is 0.469 e. The van der Waals surface area contributed by atoms with Crippen molar-refractivity contribution in [3.8, 4) is 11.1 Å². The van der Waals surface area contributed by atoms with Gasteiger partial charge in [0.1, 0.15) is 5.76 Å². The highest BCUT2D eigenvalue weighted by molar-refractivity contribution is 5.63. The molecule has 106 valence electrons. The average molecular weight is 277 g/mol. The molecule has 3 rings (SSSR count). The zero-order valence-corrected chi connectivity index (χ0v) is 12.1. The number of hydrogen-bond donors (Lipinski definition) is 1. The number of nitrogens with two attached hydrogens (primary N) is 1. The summed E-state index contributed by atoms with van der Waals surface area (Å²) in [6.45, 7) is 2.08. The van der Waals surface area contributed by atoms with E-state index in [4.69, 9.17) is 10.2 Å². The second-order valence-corrected chi connectivity index (χ2v) is 5.12. The Bertz CT molecular complexity index is 698. The molecular formula is C19H19NO. The Morgan fingerprint density at radius 3 is 2.24 bits per heavy atom. The predicted molar refractivity (Wildman–Crippen MR) is 86.0 cm³/mol. The van der Waals surface area contributed by atoms with Gasteiger partial charge in [-0.05, 0) is 22.8 Å². The summed E-state index contributed by atoms with van der Waals surface area (Å²) >= 11 is 0. The summed E-state index contributed by atoms with van der Waals surface area (Å²) in [7, 11) is 0. The first kappa shape index (κ1) is 13.7. The molecule has 3 aromatic rings. The summed E-state index contributed by atoms with van der Waals surface area (Å²) in [5, 5.41) is 0. The van der Waals surface area contributed by atoms with Crippen LogP contribution in [0.4, 0.5) is 0 Å². The standard InChI is InChI=1S/C19H19NO/c1-2-18-17(12-13-21-18)19(20)16-10-8-15(9-11-16)14-6-4-3-5-7-14/h3-13,19H,2,20H2,1H3. The molecule has 0 aliphatic heterocycles.